The average molecular weight is 489 g/mol. The zero-order valence-electron chi connectivity index (χ0n) is 20.8. The molecule has 3 atom stereocenters. The van der Waals surface area contributed by atoms with E-state index in [2.05, 4.69) is 66.9 Å². The van der Waals surface area contributed by atoms with Crippen LogP contribution in [0.15, 0.2) is 108 Å². The van der Waals surface area contributed by atoms with E-state index >= 15 is 0 Å². The summed E-state index contributed by atoms with van der Waals surface area (Å²) in [5.74, 6) is 1.48. The number of hydrogen-bond acceptors (Lipinski definition) is 3. The van der Waals surface area contributed by atoms with Gasteiger partial charge in [0.05, 0.1) is 11.7 Å². The largest absolute Gasteiger partial charge is 0.488 e. The van der Waals surface area contributed by atoms with Gasteiger partial charge in [0.25, 0.3) is 0 Å². The number of halogens is 1. The van der Waals surface area contributed by atoms with Crippen LogP contribution >= 0.6 is 0 Å². The van der Waals surface area contributed by atoms with Gasteiger partial charge >= 0.3 is 0 Å². The van der Waals surface area contributed by atoms with Gasteiger partial charge in [-0.15, -0.1) is 0 Å². The number of fused-ring (bicyclic) bond motifs is 3. The topological polar surface area (TPSA) is 33.6 Å². The second-order valence-electron chi connectivity index (χ2n) is 9.87. The SMILES string of the molecule is Cc1ccc2c(c1)[C@@H]1C=CC[C@@H]1[C@@H](c1ccc(N=Cc3ccccc3OCc3ccc(F)cc3)cc1)N2. The van der Waals surface area contributed by atoms with E-state index in [0.29, 0.717) is 18.4 Å². The van der Waals surface area contributed by atoms with Gasteiger partial charge in [0.2, 0.25) is 0 Å². The van der Waals surface area contributed by atoms with Crippen molar-refractivity contribution in [3.05, 3.63) is 137 Å². The lowest BCUT2D eigenvalue weighted by Gasteiger charge is -2.37. The minimum absolute atomic E-state index is 0.249. The number of nitrogens with zero attached hydrogens (tertiary/aromatic N) is 1. The minimum atomic E-state index is -0.249. The molecule has 0 bridgehead atoms. The van der Waals surface area contributed by atoms with Crippen LogP contribution < -0.4 is 10.1 Å². The van der Waals surface area contributed by atoms with Crippen LogP contribution in [0.1, 0.15) is 46.2 Å². The first-order valence-electron chi connectivity index (χ1n) is 12.8. The van der Waals surface area contributed by atoms with Crippen molar-refractivity contribution in [3.63, 3.8) is 0 Å². The number of ether oxygens (including phenoxy) is 1. The van der Waals surface area contributed by atoms with Gasteiger partial charge in [0.1, 0.15) is 18.2 Å². The molecule has 0 fully saturated rings. The van der Waals surface area contributed by atoms with E-state index in [4.69, 9.17) is 9.73 Å². The van der Waals surface area contributed by atoms with Crippen LogP contribution in [0.4, 0.5) is 15.8 Å². The second kappa shape index (κ2) is 10.1. The Morgan fingerprint density at radius 1 is 0.973 bits per heavy atom. The van der Waals surface area contributed by atoms with Crippen LogP contribution in [0.2, 0.25) is 0 Å². The predicted octanol–water partition coefficient (Wildman–Crippen LogP) is 8.29. The molecule has 1 aliphatic carbocycles. The average Bonchev–Trinajstić information content (AvgIpc) is 3.43. The van der Waals surface area contributed by atoms with E-state index in [1.807, 2.05) is 30.5 Å². The van der Waals surface area contributed by atoms with Crippen LogP contribution in [-0.4, -0.2) is 6.21 Å². The molecular weight excluding hydrogens is 459 g/mol. The van der Waals surface area contributed by atoms with Crippen LogP contribution in [0.3, 0.4) is 0 Å². The Morgan fingerprint density at radius 3 is 2.62 bits per heavy atom. The fourth-order valence-electron chi connectivity index (χ4n) is 5.42. The summed E-state index contributed by atoms with van der Waals surface area (Å²) in [4.78, 5) is 4.71. The summed E-state index contributed by atoms with van der Waals surface area (Å²) in [5.41, 5.74) is 7.95. The van der Waals surface area contributed by atoms with Gasteiger partial charge < -0.3 is 10.1 Å². The lowest BCUT2D eigenvalue weighted by Crippen LogP contribution is -2.29. The van der Waals surface area contributed by atoms with Crippen LogP contribution in [0, 0.1) is 18.7 Å². The van der Waals surface area contributed by atoms with E-state index in [-0.39, 0.29) is 11.9 Å². The third-order valence-electron chi connectivity index (χ3n) is 7.35. The van der Waals surface area contributed by atoms with Gasteiger partial charge in [-0.1, -0.05) is 66.2 Å². The van der Waals surface area contributed by atoms with Crippen molar-refractivity contribution in [2.45, 2.75) is 31.9 Å². The molecule has 0 radical (unpaired) electrons. The van der Waals surface area contributed by atoms with Gasteiger partial charge in [-0.2, -0.15) is 0 Å². The second-order valence-corrected chi connectivity index (χ2v) is 9.87. The highest BCUT2D eigenvalue weighted by atomic mass is 19.1. The van der Waals surface area contributed by atoms with E-state index in [1.165, 1.54) is 34.5 Å². The van der Waals surface area contributed by atoms with Crippen molar-refractivity contribution in [2.24, 2.45) is 10.9 Å². The third kappa shape index (κ3) is 4.92. The molecule has 0 amide bonds. The highest BCUT2D eigenvalue weighted by molar-refractivity contribution is 5.85. The highest BCUT2D eigenvalue weighted by Gasteiger charge is 2.37. The Balaban J connectivity index is 1.17. The molecule has 0 saturated heterocycles. The van der Waals surface area contributed by atoms with Crippen molar-refractivity contribution in [3.8, 4) is 5.75 Å². The van der Waals surface area contributed by atoms with Crippen LogP contribution in [0.25, 0.3) is 0 Å². The van der Waals surface area contributed by atoms with Gasteiger partial charge in [-0.05, 0) is 78.4 Å². The maximum Gasteiger partial charge on any atom is 0.128 e. The Bertz CT molecular complexity index is 1460. The first kappa shape index (κ1) is 23.2. The molecule has 184 valence electrons. The molecule has 0 unspecified atom stereocenters. The van der Waals surface area contributed by atoms with E-state index < -0.39 is 0 Å². The molecule has 6 rings (SSSR count). The Morgan fingerprint density at radius 2 is 1.78 bits per heavy atom. The monoisotopic (exact) mass is 488 g/mol. The molecule has 0 aromatic heterocycles. The van der Waals surface area contributed by atoms with Gasteiger partial charge in [-0.3, -0.25) is 4.99 Å². The number of allylic oxidation sites excluding steroid dienone is 2. The number of hydrogen-bond donors (Lipinski definition) is 1. The number of anilines is 1. The Kier molecular flexibility index (Phi) is 6.32. The standard InChI is InChI=1S/C33H29FN2O/c1-22-9-18-31-30(19-22)28-6-4-7-29(28)33(36-31)24-12-16-27(17-13-24)35-20-25-5-2-3-8-32(25)37-21-23-10-14-26(34)15-11-23/h2-6,8-20,28-29,33,36H,7,21H2,1H3/t28-,29+,33-/m1/s1. The lowest BCUT2D eigenvalue weighted by atomic mass is 9.76. The summed E-state index contributed by atoms with van der Waals surface area (Å²) in [6, 6.07) is 29.7. The summed E-state index contributed by atoms with van der Waals surface area (Å²) in [6.45, 7) is 2.53. The molecule has 37 heavy (non-hydrogen) atoms. The minimum Gasteiger partial charge on any atom is -0.488 e. The molecule has 0 saturated carbocycles. The van der Waals surface area contributed by atoms with E-state index in [9.17, 15) is 4.39 Å². The molecule has 4 aromatic carbocycles. The number of para-hydroxylation sites is 1. The molecule has 1 aliphatic heterocycles. The number of aryl methyl sites for hydroxylation is 1. The van der Waals surface area contributed by atoms with Crippen molar-refractivity contribution in [2.75, 3.05) is 5.32 Å². The van der Waals surface area contributed by atoms with Gasteiger partial charge in [-0.25, -0.2) is 4.39 Å². The fourth-order valence-corrected chi connectivity index (χ4v) is 5.42. The summed E-state index contributed by atoms with van der Waals surface area (Å²) >= 11 is 0. The highest BCUT2D eigenvalue weighted by Crippen LogP contribution is 2.50. The lowest BCUT2D eigenvalue weighted by molar-refractivity contribution is 0.305. The summed E-state index contributed by atoms with van der Waals surface area (Å²) < 4.78 is 19.2. The molecule has 2 aliphatic rings. The smallest absolute Gasteiger partial charge is 0.128 e. The number of nitrogens with one attached hydrogen (secondary N) is 1. The van der Waals surface area contributed by atoms with Crippen molar-refractivity contribution >= 4 is 17.6 Å². The Hall–Kier alpha value is -4.18. The quantitative estimate of drug-likeness (QED) is 0.219. The third-order valence-corrected chi connectivity index (χ3v) is 7.35. The molecule has 1 heterocycles. The van der Waals surface area contributed by atoms with E-state index in [0.717, 1.165) is 29.0 Å². The first-order valence-corrected chi connectivity index (χ1v) is 12.8. The summed E-state index contributed by atoms with van der Waals surface area (Å²) in [7, 11) is 0. The molecule has 1 N–H and O–H groups in total. The summed E-state index contributed by atoms with van der Waals surface area (Å²) in [6.07, 6.45) is 7.63. The normalized spacial score (nSPS) is 19.9. The van der Waals surface area contributed by atoms with Gasteiger partial charge in [0, 0.05) is 23.4 Å². The summed E-state index contributed by atoms with van der Waals surface area (Å²) in [5, 5.41) is 3.81. The molecule has 3 nitrogen and oxygen atoms in total. The number of aliphatic imine (C=N–C) groups is 1. The maximum absolute atomic E-state index is 13.2. The fraction of sp³-hybridized carbons (Fsp3) is 0.182. The molecule has 0 spiro atoms. The van der Waals surface area contributed by atoms with Gasteiger partial charge in [0.15, 0.2) is 0 Å². The van der Waals surface area contributed by atoms with E-state index in [1.54, 1.807) is 12.1 Å². The predicted molar refractivity (Wildman–Crippen MR) is 148 cm³/mol. The van der Waals surface area contributed by atoms with Crippen LogP contribution in [-0.2, 0) is 6.61 Å². The van der Waals surface area contributed by atoms with Crippen molar-refractivity contribution < 1.29 is 9.13 Å². The maximum atomic E-state index is 13.2. The molecular formula is C33H29FN2O. The molecule has 4 aromatic rings. The van der Waals surface area contributed by atoms with Crippen molar-refractivity contribution in [1.82, 2.24) is 0 Å². The Labute approximate surface area is 217 Å². The zero-order valence-corrected chi connectivity index (χ0v) is 20.8. The molecule has 4 heteroatoms. The number of benzene rings is 4. The van der Waals surface area contributed by atoms with Crippen LogP contribution in [0.5, 0.6) is 5.75 Å². The zero-order chi connectivity index (χ0) is 25.2. The number of rotatable bonds is 6. The van der Waals surface area contributed by atoms with Crippen molar-refractivity contribution in [1.29, 1.82) is 0 Å². The first-order chi connectivity index (χ1) is 18.1.